The highest BCUT2D eigenvalue weighted by Gasteiger charge is 2.38. The van der Waals surface area contributed by atoms with Gasteiger partial charge in [0.05, 0.1) is 12.4 Å². The zero-order valence-electron chi connectivity index (χ0n) is 23.9. The fourth-order valence-electron chi connectivity index (χ4n) is 5.57. The molecule has 230 valence electrons. The van der Waals surface area contributed by atoms with Crippen molar-refractivity contribution in [1.29, 1.82) is 0 Å². The molecule has 0 radical (unpaired) electrons. The molecule has 1 fully saturated rings. The molecule has 3 amide bonds. The van der Waals surface area contributed by atoms with Crippen molar-refractivity contribution in [2.75, 3.05) is 6.54 Å². The molecular weight excluding hydrogens is 566 g/mol. The fraction of sp³-hybridized carbons (Fsp3) is 0.323. The van der Waals surface area contributed by atoms with Crippen LogP contribution in [0.3, 0.4) is 0 Å². The van der Waals surface area contributed by atoms with Crippen LogP contribution in [0, 0.1) is 0 Å². The number of nitrogens with zero attached hydrogens (tertiary/aromatic N) is 2. The van der Waals surface area contributed by atoms with Gasteiger partial charge in [0.1, 0.15) is 23.9 Å². The third-order valence-electron chi connectivity index (χ3n) is 7.87. The molecule has 4 atom stereocenters. The van der Waals surface area contributed by atoms with Crippen molar-refractivity contribution in [2.45, 2.75) is 56.3 Å². The van der Waals surface area contributed by atoms with Crippen LogP contribution >= 0.6 is 0 Å². The van der Waals surface area contributed by atoms with E-state index in [0.29, 0.717) is 30.6 Å². The van der Waals surface area contributed by atoms with E-state index in [1.165, 1.54) is 29.6 Å². The number of phenols is 1. The van der Waals surface area contributed by atoms with Crippen molar-refractivity contribution >= 4 is 34.6 Å². The number of likely N-dealkylation sites (tertiary alicyclic amines) is 1. The summed E-state index contributed by atoms with van der Waals surface area (Å²) < 4.78 is 0. The summed E-state index contributed by atoms with van der Waals surface area (Å²) in [7, 11) is 0. The number of para-hydroxylation sites is 1. The van der Waals surface area contributed by atoms with Gasteiger partial charge in [-0.1, -0.05) is 30.3 Å². The van der Waals surface area contributed by atoms with Gasteiger partial charge in [-0.25, -0.2) is 9.78 Å². The van der Waals surface area contributed by atoms with Crippen LogP contribution < -0.4 is 16.4 Å². The second kappa shape index (κ2) is 13.4. The molecule has 3 heterocycles. The zero-order valence-corrected chi connectivity index (χ0v) is 23.9. The van der Waals surface area contributed by atoms with E-state index in [1.54, 1.807) is 12.1 Å². The van der Waals surface area contributed by atoms with Crippen molar-refractivity contribution in [3.05, 3.63) is 84.1 Å². The summed E-state index contributed by atoms with van der Waals surface area (Å²) in [6.07, 6.45) is 5.95. The summed E-state index contributed by atoms with van der Waals surface area (Å²) in [5.74, 6) is -2.81. The Labute approximate surface area is 252 Å². The average molecular weight is 602 g/mol. The summed E-state index contributed by atoms with van der Waals surface area (Å²) in [5.41, 5.74) is 9.34. The molecule has 2 aromatic heterocycles. The number of rotatable bonds is 12. The highest BCUT2D eigenvalue weighted by molar-refractivity contribution is 5.95. The molecule has 1 saturated heterocycles. The third-order valence-corrected chi connectivity index (χ3v) is 7.87. The SMILES string of the molecule is NC(Cc1c[nH]c2ccccc12)C(=O)N1CCCC1C(=O)NC(Cc1ccc(O)cc1)C(=O)NC(Cc1cnc[nH]1)C(=O)O. The molecule has 4 aromatic rings. The molecule has 0 aliphatic carbocycles. The topological polar surface area (TPSA) is 207 Å². The van der Waals surface area contributed by atoms with E-state index >= 15 is 0 Å². The number of H-pyrrole nitrogens is 2. The minimum absolute atomic E-state index is 0.0228. The van der Waals surface area contributed by atoms with Gasteiger partial charge in [0.2, 0.25) is 17.7 Å². The van der Waals surface area contributed by atoms with E-state index < -0.39 is 42.0 Å². The fourth-order valence-corrected chi connectivity index (χ4v) is 5.57. The highest BCUT2D eigenvalue weighted by atomic mass is 16.4. The number of benzene rings is 2. The van der Waals surface area contributed by atoms with Gasteiger partial charge in [-0.15, -0.1) is 0 Å². The van der Waals surface area contributed by atoms with Gasteiger partial charge in [-0.05, 0) is 48.6 Å². The summed E-state index contributed by atoms with van der Waals surface area (Å²) >= 11 is 0. The Morgan fingerprint density at radius 3 is 2.50 bits per heavy atom. The summed E-state index contributed by atoms with van der Waals surface area (Å²) in [4.78, 5) is 63.8. The molecule has 2 aromatic carbocycles. The molecule has 0 saturated carbocycles. The quantitative estimate of drug-likeness (QED) is 0.124. The number of phenolic OH excluding ortho intramolecular Hbond substituents is 1. The van der Waals surface area contributed by atoms with Gasteiger partial charge in [0, 0.05) is 48.4 Å². The first kappa shape index (κ1) is 30.3. The highest BCUT2D eigenvalue weighted by Crippen LogP contribution is 2.22. The number of carbonyl (C=O) groups excluding carboxylic acids is 3. The first-order chi connectivity index (χ1) is 21.2. The van der Waals surface area contributed by atoms with E-state index in [9.17, 15) is 29.4 Å². The van der Waals surface area contributed by atoms with Gasteiger partial charge < -0.3 is 41.4 Å². The van der Waals surface area contributed by atoms with Gasteiger partial charge in [0.15, 0.2) is 0 Å². The number of aromatic nitrogens is 3. The van der Waals surface area contributed by atoms with Gasteiger partial charge in [-0.2, -0.15) is 0 Å². The number of carboxylic acids is 1. The maximum absolute atomic E-state index is 13.6. The van der Waals surface area contributed by atoms with Crippen LogP contribution in [0.15, 0.2) is 67.3 Å². The molecule has 13 nitrogen and oxygen atoms in total. The molecular formula is C31H35N7O6. The number of aliphatic carboxylic acids is 1. The summed E-state index contributed by atoms with van der Waals surface area (Å²) in [6.45, 7) is 0.346. The molecule has 1 aliphatic rings. The average Bonchev–Trinajstić information content (AvgIpc) is 3.79. The Balaban J connectivity index is 1.29. The van der Waals surface area contributed by atoms with E-state index in [2.05, 4.69) is 25.6 Å². The number of hydrogen-bond acceptors (Lipinski definition) is 7. The Kier molecular flexibility index (Phi) is 9.24. The second-order valence-electron chi connectivity index (χ2n) is 11.0. The van der Waals surface area contributed by atoms with Crippen LogP contribution in [-0.2, 0) is 38.4 Å². The maximum Gasteiger partial charge on any atom is 0.326 e. The third kappa shape index (κ3) is 7.06. The van der Waals surface area contributed by atoms with Gasteiger partial charge in [-0.3, -0.25) is 14.4 Å². The molecule has 8 N–H and O–H groups in total. The van der Waals surface area contributed by atoms with Crippen molar-refractivity contribution in [3.63, 3.8) is 0 Å². The van der Waals surface area contributed by atoms with Gasteiger partial charge in [0.25, 0.3) is 0 Å². The number of carbonyl (C=O) groups is 4. The molecule has 1 aliphatic heterocycles. The van der Waals surface area contributed by atoms with E-state index in [0.717, 1.165) is 16.5 Å². The van der Waals surface area contributed by atoms with Crippen molar-refractivity contribution in [2.24, 2.45) is 5.73 Å². The van der Waals surface area contributed by atoms with E-state index in [-0.39, 0.29) is 30.9 Å². The summed E-state index contributed by atoms with van der Waals surface area (Å²) in [5, 5.41) is 25.7. The number of carboxylic acid groups (broad SMARTS) is 1. The molecule has 4 unspecified atom stereocenters. The van der Waals surface area contributed by atoms with Crippen molar-refractivity contribution < 1.29 is 29.4 Å². The normalized spacial score (nSPS) is 16.8. The van der Waals surface area contributed by atoms with Crippen LogP contribution in [0.2, 0.25) is 0 Å². The van der Waals surface area contributed by atoms with E-state index in [1.807, 2.05) is 30.5 Å². The Bertz CT molecular complexity index is 1620. The van der Waals surface area contributed by atoms with Crippen molar-refractivity contribution in [1.82, 2.24) is 30.5 Å². The number of nitrogens with two attached hydrogens (primary N) is 1. The minimum atomic E-state index is -1.28. The Morgan fingerprint density at radius 2 is 1.77 bits per heavy atom. The van der Waals surface area contributed by atoms with Crippen molar-refractivity contribution in [3.8, 4) is 5.75 Å². The van der Waals surface area contributed by atoms with E-state index in [4.69, 9.17) is 5.73 Å². The number of hydrogen-bond donors (Lipinski definition) is 7. The Morgan fingerprint density at radius 1 is 1.00 bits per heavy atom. The van der Waals surface area contributed by atoms with Crippen LogP contribution in [0.5, 0.6) is 5.75 Å². The molecule has 44 heavy (non-hydrogen) atoms. The number of aromatic hydroxyl groups is 1. The number of nitrogens with one attached hydrogen (secondary N) is 4. The molecule has 0 spiro atoms. The molecule has 13 heteroatoms. The predicted molar refractivity (Wildman–Crippen MR) is 160 cm³/mol. The number of fused-ring (bicyclic) bond motifs is 1. The summed E-state index contributed by atoms with van der Waals surface area (Å²) in [6, 6.07) is 9.68. The maximum atomic E-state index is 13.6. The number of aromatic amines is 2. The van der Waals surface area contributed by atoms with Crippen LogP contribution in [-0.4, -0.2) is 84.5 Å². The monoisotopic (exact) mass is 601 g/mol. The lowest BCUT2D eigenvalue weighted by molar-refractivity contribution is -0.143. The zero-order chi connectivity index (χ0) is 31.2. The largest absolute Gasteiger partial charge is 0.508 e. The Hall–Kier alpha value is -5.17. The molecule has 5 rings (SSSR count). The smallest absolute Gasteiger partial charge is 0.326 e. The predicted octanol–water partition coefficient (Wildman–Crippen LogP) is 0.997. The van der Waals surface area contributed by atoms with Crippen LogP contribution in [0.25, 0.3) is 10.9 Å². The lowest BCUT2D eigenvalue weighted by atomic mass is 10.0. The second-order valence-corrected chi connectivity index (χ2v) is 11.0. The first-order valence-corrected chi connectivity index (χ1v) is 14.4. The minimum Gasteiger partial charge on any atom is -0.508 e. The van der Waals surface area contributed by atoms with Crippen LogP contribution in [0.1, 0.15) is 29.7 Å². The lowest BCUT2D eigenvalue weighted by Gasteiger charge is -2.28. The number of amides is 3. The van der Waals surface area contributed by atoms with Gasteiger partial charge >= 0.3 is 5.97 Å². The number of imidazole rings is 1. The standard InChI is InChI=1S/C31H35N7O6/c32-23(13-19-15-34-24-5-2-1-4-22(19)24)30(42)38-11-3-6-27(38)29(41)36-25(12-18-7-9-21(39)10-8-18)28(40)37-26(31(43)44)14-20-16-33-17-35-20/h1-2,4-5,7-10,15-17,23,25-27,34,39H,3,6,11-14,32H2,(H,33,35)(H,36,41)(H,37,40)(H,43,44). The molecule has 0 bridgehead atoms. The lowest BCUT2D eigenvalue weighted by Crippen LogP contribution is -2.57. The van der Waals surface area contributed by atoms with Crippen LogP contribution in [0.4, 0.5) is 0 Å². The first-order valence-electron chi connectivity index (χ1n) is 14.4.